The molecule has 0 fully saturated rings. The molecule has 8 rings (SSSR count). The van der Waals surface area contributed by atoms with E-state index in [4.69, 9.17) is 4.74 Å². The molecule has 59 heavy (non-hydrogen) atoms. The summed E-state index contributed by atoms with van der Waals surface area (Å²) in [6, 6.07) is 25.4. The quantitative estimate of drug-likeness (QED) is 0.0227. The van der Waals surface area contributed by atoms with E-state index in [1.165, 1.54) is 37.4 Å². The van der Waals surface area contributed by atoms with Crippen LogP contribution in [0.4, 0.5) is 34.1 Å². The fraction of sp³-hybridized carbons (Fsp3) is 0.0465. The number of anilines is 4. The van der Waals surface area contributed by atoms with Crippen molar-refractivity contribution in [3.8, 4) is 28.7 Å². The van der Waals surface area contributed by atoms with Crippen LogP contribution >= 0.6 is 0 Å². The summed E-state index contributed by atoms with van der Waals surface area (Å²) < 4.78 is 5.31. The van der Waals surface area contributed by atoms with E-state index in [0.29, 0.717) is 22.8 Å². The van der Waals surface area contributed by atoms with Crippen LogP contribution in [0.25, 0.3) is 0 Å². The first-order valence-corrected chi connectivity index (χ1v) is 17.0. The molecule has 2 aliphatic carbocycles. The maximum Gasteiger partial charge on any atom is 0.281 e. The largest absolute Gasteiger partial charge is 0.619 e. The Morgan fingerprint density at radius 2 is 0.881 bits per heavy atom. The number of methoxy groups -OCH3 is 1. The highest BCUT2D eigenvalue weighted by molar-refractivity contribution is 6.34. The number of carbonyl (C=O) groups is 4. The van der Waals surface area contributed by atoms with Crippen LogP contribution in [-0.4, -0.2) is 67.0 Å². The van der Waals surface area contributed by atoms with Crippen molar-refractivity contribution in [1.82, 2.24) is 0 Å². The van der Waals surface area contributed by atoms with Crippen molar-refractivity contribution >= 4 is 64.0 Å². The van der Waals surface area contributed by atoms with Crippen molar-refractivity contribution in [1.29, 1.82) is 0 Å². The molecule has 6 N–H and O–H groups in total. The molecule has 16 nitrogen and oxygen atoms in total. The third-order valence-corrected chi connectivity index (χ3v) is 9.39. The first-order valence-electron chi connectivity index (χ1n) is 17.0. The van der Waals surface area contributed by atoms with Crippen LogP contribution in [0.5, 0.6) is 28.7 Å². The Balaban J connectivity index is 0.000000195. The maximum atomic E-state index is 13.3. The Kier molecular flexibility index (Phi) is 10.6. The summed E-state index contributed by atoms with van der Waals surface area (Å²) in [6.07, 6.45) is 0. The number of ketones is 4. The van der Waals surface area contributed by atoms with Gasteiger partial charge in [0.15, 0.2) is 0 Å². The Bertz CT molecular complexity index is 2780. The van der Waals surface area contributed by atoms with Crippen molar-refractivity contribution < 1.29 is 54.0 Å². The van der Waals surface area contributed by atoms with E-state index in [1.807, 2.05) is 6.07 Å². The average molecular weight is 797 g/mol. The van der Waals surface area contributed by atoms with Crippen LogP contribution in [0.15, 0.2) is 103 Å². The second-order valence-electron chi connectivity index (χ2n) is 12.8. The van der Waals surface area contributed by atoms with E-state index in [1.54, 1.807) is 48.5 Å². The molecule has 0 amide bonds. The number of fused-ring (bicyclic) bond motifs is 4. The van der Waals surface area contributed by atoms with Crippen molar-refractivity contribution in [3.63, 3.8) is 0 Å². The van der Waals surface area contributed by atoms with Crippen molar-refractivity contribution in [2.45, 2.75) is 7.43 Å². The molecular weight excluding hydrogens is 764 g/mol. The van der Waals surface area contributed by atoms with Crippen LogP contribution in [0, 0.1) is 15.3 Å². The van der Waals surface area contributed by atoms with Gasteiger partial charge in [-0.25, -0.2) is 0 Å². The van der Waals surface area contributed by atoms with Gasteiger partial charge in [-0.05, 0) is 72.8 Å². The topological polar surface area (TPSA) is 252 Å². The number of phenolic OH excluding ortho intramolecular Hbond substituents is 4. The van der Waals surface area contributed by atoms with E-state index in [0.717, 1.165) is 18.2 Å². The number of aromatic hydroxyl groups is 4. The number of carbonyl (C=O) groups excluding carboxylic acids is 4. The summed E-state index contributed by atoms with van der Waals surface area (Å²) in [5.74, 6) is -4.44. The maximum absolute atomic E-state index is 13.3. The third-order valence-electron chi connectivity index (χ3n) is 9.39. The van der Waals surface area contributed by atoms with Gasteiger partial charge >= 0.3 is 0 Å². The van der Waals surface area contributed by atoms with E-state index >= 15 is 0 Å². The third kappa shape index (κ3) is 6.86. The lowest BCUT2D eigenvalue weighted by Crippen LogP contribution is -2.24. The van der Waals surface area contributed by atoms with Crippen LogP contribution in [-0.2, 0) is 0 Å². The monoisotopic (exact) mass is 796 g/mol. The summed E-state index contributed by atoms with van der Waals surface area (Å²) in [5.41, 5.74) is -1.50. The number of hydrogen-bond donors (Lipinski definition) is 6. The highest BCUT2D eigenvalue weighted by Gasteiger charge is 2.42. The fourth-order valence-corrected chi connectivity index (χ4v) is 6.77. The number of nitrogens with one attached hydrogen (secondary N) is 2. The van der Waals surface area contributed by atoms with Crippen molar-refractivity contribution in [3.05, 3.63) is 163 Å². The molecule has 6 aromatic carbocycles. The molecule has 0 spiro atoms. The van der Waals surface area contributed by atoms with Gasteiger partial charge < -0.3 is 41.0 Å². The van der Waals surface area contributed by atoms with Gasteiger partial charge in [0.1, 0.15) is 46.6 Å². The second kappa shape index (κ2) is 15.5. The number of benzene rings is 6. The summed E-state index contributed by atoms with van der Waals surface area (Å²) in [6.45, 7) is 3.24. The van der Waals surface area contributed by atoms with Gasteiger partial charge in [0.25, 0.3) is 5.69 Å². The van der Waals surface area contributed by atoms with E-state index < -0.39 is 67.9 Å². The molecule has 0 bridgehead atoms. The summed E-state index contributed by atoms with van der Waals surface area (Å²) in [7, 11) is 1.52. The molecule has 0 aromatic heterocycles. The molecule has 0 saturated heterocycles. The molecule has 0 saturated carbocycles. The molecule has 0 aliphatic heterocycles. The smallest absolute Gasteiger partial charge is 0.281 e. The van der Waals surface area contributed by atoms with Gasteiger partial charge in [0, 0.05) is 23.5 Å². The van der Waals surface area contributed by atoms with Crippen molar-refractivity contribution in [2.75, 3.05) is 17.7 Å². The highest BCUT2D eigenvalue weighted by atomic mass is 16.6. The first-order chi connectivity index (χ1) is 27.7. The second-order valence-corrected chi connectivity index (χ2v) is 12.8. The van der Waals surface area contributed by atoms with Gasteiger partial charge in [-0.15, -0.1) is 0 Å². The average Bonchev–Trinajstić information content (AvgIpc) is 3.20. The summed E-state index contributed by atoms with van der Waals surface area (Å²) >= 11 is 0. The number of nitrogens with zero attached hydrogens (tertiary/aromatic N) is 2. The van der Waals surface area contributed by atoms with Crippen LogP contribution in [0.2, 0.25) is 0 Å². The van der Waals surface area contributed by atoms with Gasteiger partial charge in [-0.1, -0.05) is 25.6 Å². The number of hydrogen-bond acceptors (Lipinski definition) is 14. The summed E-state index contributed by atoms with van der Waals surface area (Å²) in [4.78, 5) is 63.2. The van der Waals surface area contributed by atoms with Gasteiger partial charge in [-0.3, -0.25) is 29.3 Å². The molecule has 16 heteroatoms. The number of rotatable bonds is 7. The Morgan fingerprint density at radius 1 is 0.508 bits per heavy atom. The number of nitro benzene ring substituents is 1. The van der Waals surface area contributed by atoms with Gasteiger partial charge in [0.05, 0.1) is 56.8 Å². The molecular formula is C43H32N4O12. The molecule has 6 aromatic rings. The van der Waals surface area contributed by atoms with E-state index in [-0.39, 0.29) is 56.9 Å². The van der Waals surface area contributed by atoms with E-state index in [9.17, 15) is 54.9 Å². The minimum atomic E-state index is -0.878. The lowest BCUT2D eigenvalue weighted by Gasteiger charge is -2.23. The first kappa shape index (κ1) is 40.1. The highest BCUT2D eigenvalue weighted by Crippen LogP contribution is 2.45. The number of para-hydroxylation sites is 1. The van der Waals surface area contributed by atoms with Crippen LogP contribution in [0.1, 0.15) is 71.1 Å². The SMILES string of the molecule is C.C=[N+]([O-])c1ccc(O)c2c1C(=O)c1c(Nc3ccccc3)ccc(O)c1C2=O.COc1ccc(Nc2ccc(O)c3c2C(=O)c2c([N+](=O)[O-])ccc(O)c2C3=O)cc1. The minimum absolute atomic E-state index is 0. The Morgan fingerprint density at radius 3 is 1.31 bits per heavy atom. The van der Waals surface area contributed by atoms with Gasteiger partial charge in [0.2, 0.25) is 28.8 Å². The summed E-state index contributed by atoms with van der Waals surface area (Å²) in [5, 5.41) is 70.1. The normalized spacial score (nSPS) is 12.0. The predicted molar refractivity (Wildman–Crippen MR) is 216 cm³/mol. The minimum Gasteiger partial charge on any atom is -0.619 e. The zero-order chi connectivity index (χ0) is 41.6. The lowest BCUT2D eigenvalue weighted by atomic mass is 9.81. The fourth-order valence-electron chi connectivity index (χ4n) is 6.77. The molecule has 0 heterocycles. The molecule has 0 radical (unpaired) electrons. The lowest BCUT2D eigenvalue weighted by molar-refractivity contribution is -0.385. The Hall–Kier alpha value is -8.53. The standard InChI is InChI=1S/C21H14N2O7.C21H14N2O5.CH4/c1-30-11-4-2-10(3-5-11)22-12-6-8-14(24)18-16(12)20(26)17-13(23(28)29)7-9-15(25)19(17)21(18)27;1-23(28)13-8-10-15(25)19-17(13)20(26)16-12(22-11-5-3-2-4-6-11)7-9-14(24)18(16)21(19)27;/h2-9,22,24-25H,1H3;2-10,22,24-25H,1H2;1H4. The molecule has 296 valence electrons. The molecule has 0 atom stereocenters. The molecule has 0 unspecified atom stereocenters. The predicted octanol–water partition coefficient (Wildman–Crippen LogP) is 7.63. The number of nitro groups is 1. The van der Waals surface area contributed by atoms with Crippen molar-refractivity contribution in [2.24, 2.45) is 0 Å². The van der Waals surface area contributed by atoms with E-state index in [2.05, 4.69) is 17.4 Å². The Labute approximate surface area is 334 Å². The van der Waals surface area contributed by atoms with Crippen LogP contribution in [0.3, 0.4) is 0 Å². The van der Waals surface area contributed by atoms with Crippen LogP contribution < -0.4 is 15.4 Å². The number of phenols is 4. The zero-order valence-corrected chi connectivity index (χ0v) is 30.0. The number of ether oxygens (including phenoxy) is 1. The molecule has 2 aliphatic rings. The van der Waals surface area contributed by atoms with Gasteiger partial charge in [-0.2, -0.15) is 4.74 Å². The zero-order valence-electron chi connectivity index (χ0n) is 30.0.